The first kappa shape index (κ1) is 30.9. The number of fused-ring (bicyclic) bond motifs is 2. The molecular weight excluding hydrogens is 639 g/mol. The second-order valence-electron chi connectivity index (χ2n) is 13.5. The van der Waals surface area contributed by atoms with Crippen molar-refractivity contribution in [2.45, 2.75) is 77.0 Å². The maximum atomic E-state index is 15.6. The molecule has 1 saturated carbocycles. The van der Waals surface area contributed by atoms with Gasteiger partial charge in [0.2, 0.25) is 0 Å². The molecule has 1 aliphatic carbocycles. The van der Waals surface area contributed by atoms with Gasteiger partial charge in [-0.3, -0.25) is 4.79 Å². The quantitative estimate of drug-likeness (QED) is 0.138. The van der Waals surface area contributed by atoms with Gasteiger partial charge in [0.05, 0.1) is 18.2 Å². The molecule has 0 radical (unpaired) electrons. The number of ether oxygens (including phenoxy) is 1. The van der Waals surface area contributed by atoms with Crippen LogP contribution in [0.4, 0.5) is 4.39 Å². The molecule has 0 spiro atoms. The highest BCUT2D eigenvalue weighted by atomic mass is 79.9. The summed E-state index contributed by atoms with van der Waals surface area (Å²) in [6, 6.07) is 15.1. The van der Waals surface area contributed by atoms with Gasteiger partial charge in [0.25, 0.3) is 5.91 Å². The van der Waals surface area contributed by atoms with Crippen molar-refractivity contribution in [3.8, 4) is 17.0 Å². The molecule has 44 heavy (non-hydrogen) atoms. The van der Waals surface area contributed by atoms with Gasteiger partial charge in [-0.05, 0) is 73.6 Å². The number of halogens is 2. The van der Waals surface area contributed by atoms with Crippen molar-refractivity contribution in [1.82, 2.24) is 19.5 Å². The minimum absolute atomic E-state index is 0.0486. The van der Waals surface area contributed by atoms with Crippen LogP contribution in [0, 0.1) is 5.82 Å². The number of amides is 1. The van der Waals surface area contributed by atoms with Crippen LogP contribution in [-0.2, 0) is 10.8 Å². The highest BCUT2D eigenvalue weighted by Gasteiger charge is 2.37. The third-order valence-corrected chi connectivity index (χ3v) is 14.4. The average molecular weight is 680 g/mol. The Bertz CT molecular complexity index is 1730. The summed E-state index contributed by atoms with van der Waals surface area (Å²) in [6.07, 6.45) is 2.85. The number of aromatic nitrogens is 3. The number of carbonyl (C=O) groups is 1. The maximum absolute atomic E-state index is 15.6. The largest absolute Gasteiger partial charge is 0.490 e. The smallest absolute Gasteiger partial charge is 0.273 e. The SMILES string of the molecule is C[C@@H]1c2ccccc2CCN1C(=O)c1cc(C2CC2)n2nc(-c3c(F)cc(Br)cc3OCCO[Si](C)(C)C(C)(C)C)cc2n1. The van der Waals surface area contributed by atoms with Crippen LogP contribution in [0.15, 0.2) is 53.0 Å². The third kappa shape index (κ3) is 5.96. The van der Waals surface area contributed by atoms with Gasteiger partial charge in [-0.1, -0.05) is 61.0 Å². The molecule has 10 heteroatoms. The van der Waals surface area contributed by atoms with E-state index >= 15 is 4.39 Å². The molecule has 1 fully saturated rings. The van der Waals surface area contributed by atoms with Crippen molar-refractivity contribution >= 4 is 35.8 Å². The van der Waals surface area contributed by atoms with Crippen LogP contribution >= 0.6 is 15.9 Å². The van der Waals surface area contributed by atoms with Crippen molar-refractivity contribution in [2.24, 2.45) is 0 Å². The third-order valence-electron chi connectivity index (χ3n) is 9.41. The Morgan fingerprint density at radius 2 is 1.86 bits per heavy atom. The molecule has 2 aromatic heterocycles. The Balaban J connectivity index is 1.31. The van der Waals surface area contributed by atoms with E-state index in [4.69, 9.17) is 19.2 Å². The summed E-state index contributed by atoms with van der Waals surface area (Å²) < 4.78 is 30.3. The van der Waals surface area contributed by atoms with Gasteiger partial charge in [0, 0.05) is 28.7 Å². The number of carbonyl (C=O) groups excluding carboxylic acids is 1. The van der Waals surface area contributed by atoms with E-state index in [1.54, 1.807) is 16.6 Å². The number of rotatable bonds is 8. The molecule has 0 saturated heterocycles. The highest BCUT2D eigenvalue weighted by Crippen LogP contribution is 2.42. The normalized spacial score (nSPS) is 17.2. The predicted octanol–water partition coefficient (Wildman–Crippen LogP) is 8.34. The Labute approximate surface area is 268 Å². The van der Waals surface area contributed by atoms with Crippen molar-refractivity contribution in [2.75, 3.05) is 19.8 Å². The van der Waals surface area contributed by atoms with Crippen LogP contribution in [0.2, 0.25) is 18.1 Å². The topological polar surface area (TPSA) is 69.0 Å². The summed E-state index contributed by atoms with van der Waals surface area (Å²) in [7, 11) is -1.94. The van der Waals surface area contributed by atoms with E-state index in [9.17, 15) is 4.79 Å². The lowest BCUT2D eigenvalue weighted by Gasteiger charge is -2.36. The van der Waals surface area contributed by atoms with E-state index in [1.807, 2.05) is 23.1 Å². The van der Waals surface area contributed by atoms with Gasteiger partial charge >= 0.3 is 0 Å². The fourth-order valence-corrected chi connectivity index (χ4v) is 7.11. The predicted molar refractivity (Wildman–Crippen MR) is 176 cm³/mol. The lowest BCUT2D eigenvalue weighted by atomic mass is 9.93. The van der Waals surface area contributed by atoms with Crippen LogP contribution in [-0.4, -0.2) is 53.5 Å². The zero-order valence-electron chi connectivity index (χ0n) is 26.3. The number of nitrogens with zero attached hydrogens (tertiary/aromatic N) is 4. The van der Waals surface area contributed by atoms with Gasteiger partial charge < -0.3 is 14.1 Å². The Hall–Kier alpha value is -3.08. The van der Waals surface area contributed by atoms with Gasteiger partial charge in [-0.25, -0.2) is 13.9 Å². The highest BCUT2D eigenvalue weighted by molar-refractivity contribution is 9.10. The second kappa shape index (κ2) is 11.7. The van der Waals surface area contributed by atoms with Crippen molar-refractivity contribution in [3.05, 3.63) is 81.3 Å². The molecule has 7 nitrogen and oxygen atoms in total. The number of hydrogen-bond acceptors (Lipinski definition) is 5. The Kier molecular flexibility index (Phi) is 8.21. The molecule has 2 aliphatic rings. The van der Waals surface area contributed by atoms with E-state index in [2.05, 4.69) is 68.9 Å². The molecule has 6 rings (SSSR count). The van der Waals surface area contributed by atoms with E-state index in [1.165, 1.54) is 17.2 Å². The van der Waals surface area contributed by atoms with Crippen LogP contribution in [0.25, 0.3) is 16.9 Å². The van der Waals surface area contributed by atoms with Gasteiger partial charge in [-0.15, -0.1) is 0 Å². The first-order chi connectivity index (χ1) is 20.8. The fraction of sp³-hybridized carbons (Fsp3) is 0.441. The Morgan fingerprint density at radius 1 is 1.11 bits per heavy atom. The van der Waals surface area contributed by atoms with Gasteiger partial charge in [0.15, 0.2) is 14.0 Å². The first-order valence-electron chi connectivity index (χ1n) is 15.4. The zero-order valence-corrected chi connectivity index (χ0v) is 28.9. The lowest BCUT2D eigenvalue weighted by Crippen LogP contribution is -2.41. The molecule has 1 amide bonds. The summed E-state index contributed by atoms with van der Waals surface area (Å²) in [6.45, 7) is 14.4. The first-order valence-corrected chi connectivity index (χ1v) is 19.1. The molecule has 0 unspecified atom stereocenters. The molecule has 0 bridgehead atoms. The van der Waals surface area contributed by atoms with E-state index in [-0.39, 0.29) is 35.1 Å². The Morgan fingerprint density at radius 3 is 2.59 bits per heavy atom. The fourth-order valence-electron chi connectivity index (χ4n) is 5.67. The van der Waals surface area contributed by atoms with Crippen LogP contribution < -0.4 is 4.74 Å². The molecule has 3 heterocycles. The maximum Gasteiger partial charge on any atom is 0.273 e. The average Bonchev–Trinajstić information content (AvgIpc) is 3.72. The van der Waals surface area contributed by atoms with Gasteiger partial charge in [-0.2, -0.15) is 5.10 Å². The number of hydrogen-bond donors (Lipinski definition) is 0. The van der Waals surface area contributed by atoms with Gasteiger partial charge in [0.1, 0.15) is 29.6 Å². The monoisotopic (exact) mass is 678 g/mol. The molecule has 2 aromatic carbocycles. The zero-order chi connectivity index (χ0) is 31.4. The van der Waals surface area contributed by atoms with Crippen LogP contribution in [0.1, 0.15) is 79.8 Å². The lowest BCUT2D eigenvalue weighted by molar-refractivity contribution is 0.0671. The molecule has 0 N–H and O–H groups in total. The minimum Gasteiger partial charge on any atom is -0.490 e. The van der Waals surface area contributed by atoms with Crippen molar-refractivity contribution in [3.63, 3.8) is 0 Å². The van der Waals surface area contributed by atoms with E-state index in [0.29, 0.717) is 40.4 Å². The van der Waals surface area contributed by atoms with Crippen molar-refractivity contribution < 1.29 is 18.3 Å². The molecule has 232 valence electrons. The van der Waals surface area contributed by atoms with Crippen molar-refractivity contribution in [1.29, 1.82) is 0 Å². The summed E-state index contributed by atoms with van der Waals surface area (Å²) in [5.74, 6) is 0.120. The molecular formula is C34H40BrFN4O3Si. The van der Waals surface area contributed by atoms with E-state index < -0.39 is 14.1 Å². The van der Waals surface area contributed by atoms with E-state index in [0.717, 1.165) is 25.0 Å². The molecule has 4 aromatic rings. The minimum atomic E-state index is -1.94. The molecule has 1 atom stereocenters. The summed E-state index contributed by atoms with van der Waals surface area (Å²) in [5, 5.41) is 4.91. The number of benzene rings is 2. The van der Waals surface area contributed by atoms with Crippen LogP contribution in [0.5, 0.6) is 5.75 Å². The summed E-state index contributed by atoms with van der Waals surface area (Å²) in [5.41, 5.74) is 4.98. The summed E-state index contributed by atoms with van der Waals surface area (Å²) >= 11 is 3.41. The molecule has 1 aliphatic heterocycles. The summed E-state index contributed by atoms with van der Waals surface area (Å²) in [4.78, 5) is 20.6. The standard InChI is InChI=1S/C34H40BrFN4O3Si/c1-21-25-10-8-7-9-22(25)13-14-39(21)33(41)28-19-29(23-11-12-23)40-31(37-28)20-27(38-40)32-26(36)17-24(35)18-30(32)42-15-16-43-44(5,6)34(2,3)4/h7-10,17-21,23H,11-16H2,1-6H3/t21-/m1/s1. The second-order valence-corrected chi connectivity index (χ2v) is 19.2. The van der Waals surface area contributed by atoms with Crippen LogP contribution in [0.3, 0.4) is 0 Å².